The van der Waals surface area contributed by atoms with Crippen molar-refractivity contribution >= 4 is 28.9 Å². The highest BCUT2D eigenvalue weighted by atomic mass is 16.5. The highest BCUT2D eigenvalue weighted by molar-refractivity contribution is 6.05. The molecule has 0 aliphatic heterocycles. The highest BCUT2D eigenvalue weighted by Crippen LogP contribution is 2.22. The van der Waals surface area contributed by atoms with Gasteiger partial charge in [-0.25, -0.2) is 4.79 Å². The highest BCUT2D eigenvalue weighted by Gasteiger charge is 2.11. The molecule has 0 saturated heterocycles. The first-order chi connectivity index (χ1) is 13.5. The monoisotopic (exact) mass is 375 g/mol. The Balaban J connectivity index is 1.79. The number of hydrogen-bond donors (Lipinski definition) is 2. The van der Waals surface area contributed by atoms with Gasteiger partial charge < -0.3 is 15.4 Å². The molecule has 0 spiro atoms. The molecule has 0 unspecified atom stereocenters. The van der Waals surface area contributed by atoms with Gasteiger partial charge in [-0.05, 0) is 49.2 Å². The number of pyridine rings is 1. The molecule has 0 radical (unpaired) electrons. The molecule has 0 fully saturated rings. The predicted octanol–water partition coefficient (Wildman–Crippen LogP) is 4.48. The van der Waals surface area contributed by atoms with E-state index < -0.39 is 5.97 Å². The Hall–Kier alpha value is -3.67. The third-order valence-electron chi connectivity index (χ3n) is 4.29. The van der Waals surface area contributed by atoms with E-state index in [2.05, 4.69) is 15.6 Å². The standard InChI is InChI=1S/C22H21N3O3/c1-14-6-4-7-15(2)20(14)25-21(26)17-11-19(13-23-12-17)24-18-9-5-8-16(10-18)22(27)28-3/h4-13,24H,1-3H3,(H,25,26). The molecule has 0 atom stereocenters. The van der Waals surface area contributed by atoms with Gasteiger partial charge in [0, 0.05) is 17.6 Å². The fourth-order valence-electron chi connectivity index (χ4n) is 2.84. The number of carbonyl (C=O) groups excluding carboxylic acids is 2. The van der Waals surface area contributed by atoms with E-state index in [-0.39, 0.29) is 5.91 Å². The van der Waals surface area contributed by atoms with Crippen molar-refractivity contribution in [1.82, 2.24) is 4.98 Å². The van der Waals surface area contributed by atoms with Crippen LogP contribution in [0.3, 0.4) is 0 Å². The summed E-state index contributed by atoms with van der Waals surface area (Å²) in [5.74, 6) is -0.652. The lowest BCUT2D eigenvalue weighted by Crippen LogP contribution is -2.14. The number of esters is 1. The molecule has 0 bridgehead atoms. The SMILES string of the molecule is COC(=O)c1cccc(Nc2cncc(C(=O)Nc3c(C)cccc3C)c2)c1. The fourth-order valence-corrected chi connectivity index (χ4v) is 2.84. The van der Waals surface area contributed by atoms with Crippen LogP contribution in [0.4, 0.5) is 17.1 Å². The number of hydrogen-bond acceptors (Lipinski definition) is 5. The minimum Gasteiger partial charge on any atom is -0.465 e. The van der Waals surface area contributed by atoms with Gasteiger partial charge in [0.15, 0.2) is 0 Å². The molecule has 28 heavy (non-hydrogen) atoms. The molecular formula is C22H21N3O3. The summed E-state index contributed by atoms with van der Waals surface area (Å²) in [7, 11) is 1.34. The Kier molecular flexibility index (Phi) is 5.69. The number of nitrogens with one attached hydrogen (secondary N) is 2. The molecule has 1 amide bonds. The van der Waals surface area contributed by atoms with E-state index in [1.807, 2.05) is 38.1 Å². The maximum absolute atomic E-state index is 12.7. The van der Waals surface area contributed by atoms with Crippen LogP contribution in [0.1, 0.15) is 31.8 Å². The quantitative estimate of drug-likeness (QED) is 0.643. The van der Waals surface area contributed by atoms with Gasteiger partial charge in [0.25, 0.3) is 5.91 Å². The van der Waals surface area contributed by atoms with Gasteiger partial charge in [0.1, 0.15) is 0 Å². The molecule has 3 aromatic rings. The summed E-state index contributed by atoms with van der Waals surface area (Å²) in [6.45, 7) is 3.90. The van der Waals surface area contributed by atoms with Crippen LogP contribution in [0.25, 0.3) is 0 Å². The molecule has 3 rings (SSSR count). The molecule has 1 aromatic heterocycles. The Labute approximate surface area is 163 Å². The van der Waals surface area contributed by atoms with Gasteiger partial charge in [-0.1, -0.05) is 24.3 Å². The predicted molar refractivity (Wildman–Crippen MR) is 109 cm³/mol. The van der Waals surface area contributed by atoms with E-state index in [1.165, 1.54) is 13.3 Å². The number of para-hydroxylation sites is 1. The van der Waals surface area contributed by atoms with Crippen molar-refractivity contribution in [3.63, 3.8) is 0 Å². The number of amides is 1. The van der Waals surface area contributed by atoms with Gasteiger partial charge in [-0.15, -0.1) is 0 Å². The summed E-state index contributed by atoms with van der Waals surface area (Å²) in [6.07, 6.45) is 3.12. The van der Waals surface area contributed by atoms with Crippen LogP contribution in [0.15, 0.2) is 60.9 Å². The van der Waals surface area contributed by atoms with Crippen molar-refractivity contribution in [2.24, 2.45) is 0 Å². The third-order valence-corrected chi connectivity index (χ3v) is 4.29. The van der Waals surface area contributed by atoms with Crippen LogP contribution < -0.4 is 10.6 Å². The Bertz CT molecular complexity index is 1010. The number of anilines is 3. The topological polar surface area (TPSA) is 80.3 Å². The molecule has 6 heteroatoms. The van der Waals surface area contributed by atoms with E-state index >= 15 is 0 Å². The van der Waals surface area contributed by atoms with Crippen LogP contribution in [-0.4, -0.2) is 24.0 Å². The zero-order chi connectivity index (χ0) is 20.1. The second-order valence-electron chi connectivity index (χ2n) is 6.38. The lowest BCUT2D eigenvalue weighted by atomic mass is 10.1. The Morgan fingerprint density at radius 1 is 0.893 bits per heavy atom. The number of aromatic nitrogens is 1. The van der Waals surface area contributed by atoms with Crippen molar-refractivity contribution in [2.75, 3.05) is 17.7 Å². The molecule has 142 valence electrons. The number of aryl methyl sites for hydroxylation is 2. The second-order valence-corrected chi connectivity index (χ2v) is 6.38. The Morgan fingerprint density at radius 3 is 2.29 bits per heavy atom. The molecule has 6 nitrogen and oxygen atoms in total. The van der Waals surface area contributed by atoms with Crippen LogP contribution in [0.5, 0.6) is 0 Å². The van der Waals surface area contributed by atoms with Crippen molar-refractivity contribution < 1.29 is 14.3 Å². The number of benzene rings is 2. The van der Waals surface area contributed by atoms with E-state index in [0.717, 1.165) is 16.8 Å². The largest absolute Gasteiger partial charge is 0.465 e. The lowest BCUT2D eigenvalue weighted by molar-refractivity contribution is 0.0600. The Morgan fingerprint density at radius 2 is 1.57 bits per heavy atom. The van der Waals surface area contributed by atoms with E-state index in [0.29, 0.717) is 22.5 Å². The summed E-state index contributed by atoms with van der Waals surface area (Å²) in [5.41, 5.74) is 4.98. The van der Waals surface area contributed by atoms with E-state index in [9.17, 15) is 9.59 Å². The van der Waals surface area contributed by atoms with Gasteiger partial charge in [0.05, 0.1) is 30.1 Å². The molecule has 0 aliphatic carbocycles. The zero-order valence-corrected chi connectivity index (χ0v) is 15.9. The van der Waals surface area contributed by atoms with Crippen molar-refractivity contribution in [1.29, 1.82) is 0 Å². The molecule has 0 saturated carbocycles. The van der Waals surface area contributed by atoms with Crippen LogP contribution in [-0.2, 0) is 4.74 Å². The minimum absolute atomic E-state index is 0.239. The maximum Gasteiger partial charge on any atom is 0.337 e. The molecular weight excluding hydrogens is 354 g/mol. The summed E-state index contributed by atoms with van der Waals surface area (Å²) in [4.78, 5) is 28.5. The number of nitrogens with zero attached hydrogens (tertiary/aromatic N) is 1. The first kappa shape index (κ1) is 19.1. The van der Waals surface area contributed by atoms with Crippen molar-refractivity contribution in [3.05, 3.63) is 83.2 Å². The van der Waals surface area contributed by atoms with Crippen LogP contribution >= 0.6 is 0 Å². The normalized spacial score (nSPS) is 10.2. The van der Waals surface area contributed by atoms with Crippen molar-refractivity contribution in [2.45, 2.75) is 13.8 Å². The third kappa shape index (κ3) is 4.35. The first-order valence-electron chi connectivity index (χ1n) is 8.76. The average Bonchev–Trinajstić information content (AvgIpc) is 2.70. The number of carbonyl (C=O) groups is 2. The first-order valence-corrected chi connectivity index (χ1v) is 8.76. The smallest absolute Gasteiger partial charge is 0.337 e. The zero-order valence-electron chi connectivity index (χ0n) is 15.9. The van der Waals surface area contributed by atoms with Crippen LogP contribution in [0, 0.1) is 13.8 Å². The van der Waals surface area contributed by atoms with E-state index in [4.69, 9.17) is 4.74 Å². The van der Waals surface area contributed by atoms with Gasteiger partial charge in [0.2, 0.25) is 0 Å². The average molecular weight is 375 g/mol. The van der Waals surface area contributed by atoms with E-state index in [1.54, 1.807) is 30.5 Å². The van der Waals surface area contributed by atoms with Crippen molar-refractivity contribution in [3.8, 4) is 0 Å². The molecule has 1 heterocycles. The molecule has 2 N–H and O–H groups in total. The lowest BCUT2D eigenvalue weighted by Gasteiger charge is -2.12. The summed E-state index contributed by atoms with van der Waals surface area (Å²) in [6, 6.07) is 14.5. The summed E-state index contributed by atoms with van der Waals surface area (Å²) < 4.78 is 4.74. The number of methoxy groups -OCH3 is 1. The van der Waals surface area contributed by atoms with Gasteiger partial charge >= 0.3 is 5.97 Å². The maximum atomic E-state index is 12.7. The number of rotatable bonds is 5. The molecule has 2 aromatic carbocycles. The second kappa shape index (κ2) is 8.35. The van der Waals surface area contributed by atoms with Gasteiger partial charge in [-0.3, -0.25) is 9.78 Å². The minimum atomic E-state index is -0.413. The van der Waals surface area contributed by atoms with Gasteiger partial charge in [-0.2, -0.15) is 0 Å². The fraction of sp³-hybridized carbons (Fsp3) is 0.136. The summed E-state index contributed by atoms with van der Waals surface area (Å²) >= 11 is 0. The number of ether oxygens (including phenoxy) is 1. The molecule has 0 aliphatic rings. The van der Waals surface area contributed by atoms with Crippen LogP contribution in [0.2, 0.25) is 0 Å². The summed E-state index contributed by atoms with van der Waals surface area (Å²) in [5, 5.41) is 6.10.